The van der Waals surface area contributed by atoms with Gasteiger partial charge in [0.2, 0.25) is 0 Å². The maximum absolute atomic E-state index is 3.77. The van der Waals surface area contributed by atoms with Gasteiger partial charge in [-0.2, -0.15) is 11.8 Å². The molecule has 1 unspecified atom stereocenters. The monoisotopic (exact) mass is 229 g/mol. The van der Waals surface area contributed by atoms with Gasteiger partial charge >= 0.3 is 0 Å². The molecule has 0 aromatic carbocycles. The molecule has 15 heavy (non-hydrogen) atoms. The topological polar surface area (TPSA) is 12.0 Å². The number of thioether (sulfide) groups is 1. The van der Waals surface area contributed by atoms with Crippen molar-refractivity contribution in [1.29, 1.82) is 0 Å². The first-order valence-corrected chi connectivity index (χ1v) is 7.76. The molecule has 90 valence electrons. The number of rotatable bonds is 7. The Morgan fingerprint density at radius 2 is 1.93 bits per heavy atom. The molecule has 0 amide bonds. The van der Waals surface area contributed by atoms with Crippen molar-refractivity contribution < 1.29 is 0 Å². The fourth-order valence-electron chi connectivity index (χ4n) is 2.31. The summed E-state index contributed by atoms with van der Waals surface area (Å²) in [5, 5.41) is 4.67. The van der Waals surface area contributed by atoms with Crippen molar-refractivity contribution in [2.75, 3.05) is 12.3 Å². The minimum Gasteiger partial charge on any atom is -0.313 e. The van der Waals surface area contributed by atoms with Crippen LogP contribution in [0.5, 0.6) is 0 Å². The summed E-state index contributed by atoms with van der Waals surface area (Å²) >= 11 is 2.18. The molecule has 0 aromatic rings. The van der Waals surface area contributed by atoms with E-state index in [0.29, 0.717) is 0 Å². The Hall–Kier alpha value is 0.310. The minimum absolute atomic E-state index is 0.780. The number of nitrogens with one attached hydrogen (secondary N) is 1. The maximum atomic E-state index is 3.77. The van der Waals surface area contributed by atoms with E-state index in [-0.39, 0.29) is 0 Å². The van der Waals surface area contributed by atoms with Crippen molar-refractivity contribution in [3.8, 4) is 0 Å². The first kappa shape index (κ1) is 13.4. The van der Waals surface area contributed by atoms with Crippen molar-refractivity contribution in [3.63, 3.8) is 0 Å². The van der Waals surface area contributed by atoms with Crippen LogP contribution in [0.4, 0.5) is 0 Å². The third kappa shape index (κ3) is 5.82. The Bertz CT molecular complexity index is 137. The van der Waals surface area contributed by atoms with E-state index in [2.05, 4.69) is 30.9 Å². The molecule has 0 aliphatic carbocycles. The molecule has 1 heterocycles. The van der Waals surface area contributed by atoms with E-state index in [1.165, 1.54) is 57.2 Å². The van der Waals surface area contributed by atoms with Crippen molar-refractivity contribution in [2.24, 2.45) is 0 Å². The molecule has 1 saturated heterocycles. The second-order valence-corrected chi connectivity index (χ2v) is 6.08. The average molecular weight is 229 g/mol. The van der Waals surface area contributed by atoms with Crippen LogP contribution in [0.15, 0.2) is 0 Å². The molecule has 1 aliphatic heterocycles. The summed E-state index contributed by atoms with van der Waals surface area (Å²) in [6.07, 6.45) is 9.66. The first-order valence-electron chi connectivity index (χ1n) is 6.71. The third-order valence-corrected chi connectivity index (χ3v) is 4.58. The summed E-state index contributed by atoms with van der Waals surface area (Å²) in [5.41, 5.74) is 0. The van der Waals surface area contributed by atoms with E-state index in [9.17, 15) is 0 Å². The summed E-state index contributed by atoms with van der Waals surface area (Å²) in [4.78, 5) is 0. The Morgan fingerprint density at radius 1 is 1.20 bits per heavy atom. The summed E-state index contributed by atoms with van der Waals surface area (Å²) in [6.45, 7) is 5.83. The zero-order valence-corrected chi connectivity index (χ0v) is 11.2. The molecular weight excluding hydrogens is 202 g/mol. The standard InChI is InChI=1S/C13H27NS/c1-3-7-12(8-4-2)14-11-13-9-5-6-10-15-13/h12-14H,3-11H2,1-2H3. The molecule has 1 fully saturated rings. The molecule has 0 saturated carbocycles. The highest BCUT2D eigenvalue weighted by Gasteiger charge is 2.15. The number of hydrogen-bond acceptors (Lipinski definition) is 2. The smallest absolute Gasteiger partial charge is 0.0172 e. The normalized spacial score (nSPS) is 22.2. The lowest BCUT2D eigenvalue weighted by molar-refractivity contribution is 0.437. The molecule has 0 spiro atoms. The Morgan fingerprint density at radius 3 is 2.47 bits per heavy atom. The minimum atomic E-state index is 0.780. The third-order valence-electron chi connectivity index (χ3n) is 3.18. The molecule has 1 aliphatic rings. The predicted molar refractivity (Wildman–Crippen MR) is 71.7 cm³/mol. The van der Waals surface area contributed by atoms with E-state index in [1.807, 2.05) is 0 Å². The molecule has 2 heteroatoms. The SMILES string of the molecule is CCCC(CCC)NCC1CCCCS1. The zero-order chi connectivity index (χ0) is 10.9. The Balaban J connectivity index is 2.13. The van der Waals surface area contributed by atoms with Crippen LogP contribution < -0.4 is 5.32 Å². The molecule has 0 aromatic heterocycles. The first-order chi connectivity index (χ1) is 7.36. The van der Waals surface area contributed by atoms with Crippen LogP contribution in [0.25, 0.3) is 0 Å². The summed E-state index contributed by atoms with van der Waals surface area (Å²) < 4.78 is 0. The molecule has 0 bridgehead atoms. The van der Waals surface area contributed by atoms with Gasteiger partial charge < -0.3 is 5.32 Å². The Kier molecular flexibility index (Phi) is 7.54. The molecular formula is C13H27NS. The molecule has 1 nitrogen and oxygen atoms in total. The highest BCUT2D eigenvalue weighted by Crippen LogP contribution is 2.24. The van der Waals surface area contributed by atoms with E-state index in [1.54, 1.807) is 0 Å². The van der Waals surface area contributed by atoms with Gasteiger partial charge in [0.15, 0.2) is 0 Å². The molecule has 1 N–H and O–H groups in total. The predicted octanol–water partition coefficient (Wildman–Crippen LogP) is 3.83. The van der Waals surface area contributed by atoms with Gasteiger partial charge in [0.25, 0.3) is 0 Å². The van der Waals surface area contributed by atoms with E-state index in [0.717, 1.165) is 11.3 Å². The molecule has 0 radical (unpaired) electrons. The van der Waals surface area contributed by atoms with Crippen LogP contribution in [-0.2, 0) is 0 Å². The molecule has 1 atom stereocenters. The lowest BCUT2D eigenvalue weighted by atomic mass is 10.1. The van der Waals surface area contributed by atoms with Crippen LogP contribution in [0, 0.1) is 0 Å². The van der Waals surface area contributed by atoms with Crippen LogP contribution in [0.2, 0.25) is 0 Å². The summed E-state index contributed by atoms with van der Waals surface area (Å²) in [6, 6.07) is 0.780. The lowest BCUT2D eigenvalue weighted by Crippen LogP contribution is -2.35. The maximum Gasteiger partial charge on any atom is 0.0172 e. The second kappa shape index (κ2) is 8.46. The van der Waals surface area contributed by atoms with E-state index in [4.69, 9.17) is 0 Å². The van der Waals surface area contributed by atoms with E-state index >= 15 is 0 Å². The van der Waals surface area contributed by atoms with Crippen LogP contribution in [0.1, 0.15) is 58.8 Å². The van der Waals surface area contributed by atoms with Crippen LogP contribution in [0.3, 0.4) is 0 Å². The van der Waals surface area contributed by atoms with Crippen LogP contribution >= 0.6 is 11.8 Å². The quantitative estimate of drug-likeness (QED) is 0.712. The van der Waals surface area contributed by atoms with Gasteiger partial charge in [0.05, 0.1) is 0 Å². The van der Waals surface area contributed by atoms with Crippen molar-refractivity contribution in [2.45, 2.75) is 70.1 Å². The van der Waals surface area contributed by atoms with Crippen molar-refractivity contribution in [3.05, 3.63) is 0 Å². The van der Waals surface area contributed by atoms with Gasteiger partial charge in [0.1, 0.15) is 0 Å². The zero-order valence-electron chi connectivity index (χ0n) is 10.4. The summed E-state index contributed by atoms with van der Waals surface area (Å²) in [7, 11) is 0. The van der Waals surface area contributed by atoms with E-state index < -0.39 is 0 Å². The van der Waals surface area contributed by atoms with Crippen LogP contribution in [-0.4, -0.2) is 23.6 Å². The number of hydrogen-bond donors (Lipinski definition) is 1. The fourth-order valence-corrected chi connectivity index (χ4v) is 3.56. The lowest BCUT2D eigenvalue weighted by Gasteiger charge is -2.25. The van der Waals surface area contributed by atoms with Gasteiger partial charge in [-0.05, 0) is 31.4 Å². The van der Waals surface area contributed by atoms with Gasteiger partial charge in [-0.1, -0.05) is 33.1 Å². The fraction of sp³-hybridized carbons (Fsp3) is 1.00. The highest BCUT2D eigenvalue weighted by atomic mass is 32.2. The largest absolute Gasteiger partial charge is 0.313 e. The second-order valence-electron chi connectivity index (χ2n) is 4.67. The average Bonchev–Trinajstić information content (AvgIpc) is 2.28. The summed E-state index contributed by atoms with van der Waals surface area (Å²) in [5.74, 6) is 1.39. The highest BCUT2D eigenvalue weighted by molar-refractivity contribution is 7.99. The van der Waals surface area contributed by atoms with Crippen molar-refractivity contribution in [1.82, 2.24) is 5.32 Å². The Labute approximate surface area is 99.8 Å². The van der Waals surface area contributed by atoms with Crippen molar-refractivity contribution >= 4 is 11.8 Å². The van der Waals surface area contributed by atoms with Gasteiger partial charge in [-0.3, -0.25) is 0 Å². The van der Waals surface area contributed by atoms with Gasteiger partial charge in [0, 0.05) is 17.8 Å². The molecule has 1 rings (SSSR count). The van der Waals surface area contributed by atoms with Gasteiger partial charge in [-0.25, -0.2) is 0 Å². The van der Waals surface area contributed by atoms with Gasteiger partial charge in [-0.15, -0.1) is 0 Å².